The third-order valence-electron chi connectivity index (χ3n) is 4.13. The Kier molecular flexibility index (Phi) is 3.56. The first-order chi connectivity index (χ1) is 10.2. The highest BCUT2D eigenvalue weighted by Crippen LogP contribution is 2.31. The number of aromatic nitrogens is 2. The number of fused-ring (bicyclic) bond motifs is 1. The fraction of sp³-hybridized carbons (Fsp3) is 0.529. The van der Waals surface area contributed by atoms with Crippen molar-refractivity contribution in [3.63, 3.8) is 0 Å². The van der Waals surface area contributed by atoms with E-state index in [1.54, 1.807) is 6.07 Å². The Balaban J connectivity index is 1.91. The number of hydrogen-bond donors (Lipinski definition) is 2. The molecule has 1 aliphatic heterocycles. The van der Waals surface area contributed by atoms with Crippen molar-refractivity contribution in [3.8, 4) is 0 Å². The molecule has 118 valence electrons. The Bertz CT molecular complexity index is 680. The summed E-state index contributed by atoms with van der Waals surface area (Å²) in [6.45, 7) is 8.83. The van der Waals surface area contributed by atoms with Crippen LogP contribution in [0.1, 0.15) is 40.5 Å². The van der Waals surface area contributed by atoms with E-state index in [1.165, 1.54) is 18.5 Å². The van der Waals surface area contributed by atoms with Crippen LogP contribution >= 0.6 is 0 Å². The summed E-state index contributed by atoms with van der Waals surface area (Å²) in [5, 5.41) is 7.90. The Morgan fingerprint density at radius 3 is 2.50 bits per heavy atom. The zero-order valence-corrected chi connectivity index (χ0v) is 13.6. The Hall–Kier alpha value is -1.75. The number of anilines is 1. The van der Waals surface area contributed by atoms with Crippen molar-refractivity contribution in [2.45, 2.75) is 57.7 Å². The summed E-state index contributed by atoms with van der Waals surface area (Å²) in [5.74, 6) is 0.444. The molecule has 0 amide bonds. The monoisotopic (exact) mass is 302 g/mol. The molecule has 0 atom stereocenters. The van der Waals surface area contributed by atoms with E-state index >= 15 is 0 Å². The summed E-state index contributed by atoms with van der Waals surface area (Å²) in [5.41, 5.74) is 0.854. The fourth-order valence-corrected chi connectivity index (χ4v) is 3.76. The number of nitrogens with zero attached hydrogens (tertiary/aromatic N) is 2. The first kappa shape index (κ1) is 15.2. The molecule has 0 bridgehead atoms. The van der Waals surface area contributed by atoms with Crippen LogP contribution in [0.4, 0.5) is 10.2 Å². The van der Waals surface area contributed by atoms with Gasteiger partial charge in [-0.15, -0.1) is 0 Å². The molecule has 0 radical (unpaired) electrons. The van der Waals surface area contributed by atoms with Gasteiger partial charge in [-0.05, 0) is 58.7 Å². The first-order valence-corrected chi connectivity index (χ1v) is 7.70. The van der Waals surface area contributed by atoms with Crippen molar-refractivity contribution in [2.24, 2.45) is 0 Å². The minimum absolute atomic E-state index is 0.0491. The molecule has 0 aliphatic carbocycles. The number of hydrogen-bond acceptors (Lipinski definition) is 4. The molecule has 2 heterocycles. The second-order valence-corrected chi connectivity index (χ2v) is 7.53. The van der Waals surface area contributed by atoms with Crippen LogP contribution in [0.15, 0.2) is 24.5 Å². The van der Waals surface area contributed by atoms with Crippen molar-refractivity contribution in [2.75, 3.05) is 5.32 Å². The average molecular weight is 302 g/mol. The molecule has 22 heavy (non-hydrogen) atoms. The molecule has 1 aromatic heterocycles. The van der Waals surface area contributed by atoms with E-state index in [0.29, 0.717) is 5.82 Å². The third-order valence-corrected chi connectivity index (χ3v) is 4.13. The quantitative estimate of drug-likeness (QED) is 0.891. The van der Waals surface area contributed by atoms with Crippen LogP contribution < -0.4 is 10.6 Å². The largest absolute Gasteiger partial charge is 0.367 e. The molecule has 1 aromatic carbocycles. The van der Waals surface area contributed by atoms with E-state index in [-0.39, 0.29) is 22.9 Å². The lowest BCUT2D eigenvalue weighted by Crippen LogP contribution is -2.60. The van der Waals surface area contributed by atoms with E-state index in [4.69, 9.17) is 0 Å². The van der Waals surface area contributed by atoms with Crippen molar-refractivity contribution in [1.82, 2.24) is 15.3 Å². The van der Waals surface area contributed by atoms with E-state index in [0.717, 1.165) is 23.7 Å². The van der Waals surface area contributed by atoms with Crippen molar-refractivity contribution in [3.05, 3.63) is 30.3 Å². The molecule has 1 aliphatic rings. The van der Waals surface area contributed by atoms with Gasteiger partial charge in [-0.25, -0.2) is 14.4 Å². The molecule has 0 unspecified atom stereocenters. The maximum absolute atomic E-state index is 13.5. The van der Waals surface area contributed by atoms with Gasteiger partial charge in [0.25, 0.3) is 0 Å². The predicted molar refractivity (Wildman–Crippen MR) is 87.4 cm³/mol. The molecule has 1 saturated heterocycles. The Morgan fingerprint density at radius 1 is 1.14 bits per heavy atom. The topological polar surface area (TPSA) is 49.8 Å². The highest BCUT2D eigenvalue weighted by molar-refractivity contribution is 5.88. The molecule has 2 N–H and O–H groups in total. The van der Waals surface area contributed by atoms with Gasteiger partial charge in [-0.2, -0.15) is 0 Å². The first-order valence-electron chi connectivity index (χ1n) is 7.70. The van der Waals surface area contributed by atoms with Crippen LogP contribution in [0, 0.1) is 5.82 Å². The lowest BCUT2D eigenvalue weighted by atomic mass is 9.79. The lowest BCUT2D eigenvalue weighted by molar-refractivity contribution is 0.170. The standard InChI is InChI=1S/C17H23FN4/c1-16(2)8-12(9-17(3,4)22-16)21-15-13-7-11(18)5-6-14(13)19-10-20-15/h5-7,10,12,22H,8-9H2,1-4H3,(H,19,20,21). The number of nitrogens with one attached hydrogen (secondary N) is 2. The second-order valence-electron chi connectivity index (χ2n) is 7.53. The normalized spacial score (nSPS) is 21.0. The molecule has 4 nitrogen and oxygen atoms in total. The van der Waals surface area contributed by atoms with Gasteiger partial charge in [0.05, 0.1) is 5.52 Å². The van der Waals surface area contributed by atoms with E-state index in [2.05, 4.69) is 48.3 Å². The van der Waals surface area contributed by atoms with Gasteiger partial charge in [-0.3, -0.25) is 0 Å². The van der Waals surface area contributed by atoms with Gasteiger partial charge in [-0.1, -0.05) is 0 Å². The molecular weight excluding hydrogens is 279 g/mol. The van der Waals surface area contributed by atoms with Crippen LogP contribution in [0.3, 0.4) is 0 Å². The highest BCUT2D eigenvalue weighted by Gasteiger charge is 2.37. The molecule has 5 heteroatoms. The van der Waals surface area contributed by atoms with E-state index < -0.39 is 0 Å². The minimum atomic E-state index is -0.267. The smallest absolute Gasteiger partial charge is 0.137 e. The lowest BCUT2D eigenvalue weighted by Gasteiger charge is -2.46. The van der Waals surface area contributed by atoms with Gasteiger partial charge in [0, 0.05) is 22.5 Å². The zero-order chi connectivity index (χ0) is 16.0. The Morgan fingerprint density at radius 2 is 1.82 bits per heavy atom. The van der Waals surface area contributed by atoms with Crippen LogP contribution in [0.2, 0.25) is 0 Å². The molecule has 0 saturated carbocycles. The maximum Gasteiger partial charge on any atom is 0.137 e. The number of piperidine rings is 1. The molecule has 0 spiro atoms. The molecular formula is C17H23FN4. The van der Waals surface area contributed by atoms with Crippen molar-refractivity contribution >= 4 is 16.7 Å². The summed E-state index contributed by atoms with van der Waals surface area (Å²) in [7, 11) is 0. The third kappa shape index (κ3) is 3.19. The van der Waals surface area contributed by atoms with Gasteiger partial charge in [0.15, 0.2) is 0 Å². The number of rotatable bonds is 2. The summed E-state index contributed by atoms with van der Waals surface area (Å²) in [4.78, 5) is 8.53. The van der Waals surface area contributed by atoms with Crippen molar-refractivity contribution < 1.29 is 4.39 Å². The van der Waals surface area contributed by atoms with Gasteiger partial charge >= 0.3 is 0 Å². The van der Waals surface area contributed by atoms with E-state index in [1.807, 2.05) is 0 Å². The molecule has 2 aromatic rings. The summed E-state index contributed by atoms with van der Waals surface area (Å²) in [6, 6.07) is 4.89. The summed E-state index contributed by atoms with van der Waals surface area (Å²) in [6.07, 6.45) is 3.49. The van der Waals surface area contributed by atoms with Gasteiger partial charge < -0.3 is 10.6 Å². The minimum Gasteiger partial charge on any atom is -0.367 e. The molecule has 3 rings (SSSR count). The summed E-state index contributed by atoms with van der Waals surface area (Å²) < 4.78 is 13.5. The molecule has 1 fully saturated rings. The SMILES string of the molecule is CC1(C)CC(Nc2ncnc3ccc(F)cc23)CC(C)(C)N1. The van der Waals surface area contributed by atoms with E-state index in [9.17, 15) is 4.39 Å². The van der Waals surface area contributed by atoms with Gasteiger partial charge in [0.2, 0.25) is 0 Å². The summed E-state index contributed by atoms with van der Waals surface area (Å²) >= 11 is 0. The average Bonchev–Trinajstić information content (AvgIpc) is 2.35. The second kappa shape index (κ2) is 5.16. The van der Waals surface area contributed by atoms with Gasteiger partial charge in [0.1, 0.15) is 18.0 Å². The highest BCUT2D eigenvalue weighted by atomic mass is 19.1. The predicted octanol–water partition coefficient (Wildman–Crippen LogP) is 3.49. The Labute approximate surface area is 130 Å². The zero-order valence-electron chi connectivity index (χ0n) is 13.6. The van der Waals surface area contributed by atoms with Crippen LogP contribution in [-0.4, -0.2) is 27.1 Å². The fourth-order valence-electron chi connectivity index (χ4n) is 3.76. The van der Waals surface area contributed by atoms with Crippen LogP contribution in [0.25, 0.3) is 10.9 Å². The maximum atomic E-state index is 13.5. The van der Waals surface area contributed by atoms with Crippen LogP contribution in [0.5, 0.6) is 0 Å². The number of benzene rings is 1. The van der Waals surface area contributed by atoms with Crippen molar-refractivity contribution in [1.29, 1.82) is 0 Å². The van der Waals surface area contributed by atoms with Crippen LogP contribution in [-0.2, 0) is 0 Å². The number of halogens is 1.